The summed E-state index contributed by atoms with van der Waals surface area (Å²) >= 11 is 0. The predicted octanol–water partition coefficient (Wildman–Crippen LogP) is 9.15. The summed E-state index contributed by atoms with van der Waals surface area (Å²) in [4.78, 5) is 6.89. The third-order valence-corrected chi connectivity index (χ3v) is 8.58. The quantitative estimate of drug-likeness (QED) is 0.325. The lowest BCUT2D eigenvalue weighted by molar-refractivity contribution is -0.136. The number of nitriles is 2. The Morgan fingerprint density at radius 3 is 2.12 bits per heavy atom. The third-order valence-electron chi connectivity index (χ3n) is 8.58. The molecule has 1 spiro atoms. The van der Waals surface area contributed by atoms with Gasteiger partial charge in [-0.25, -0.2) is 0 Å². The summed E-state index contributed by atoms with van der Waals surface area (Å²) in [5.41, 5.74) is 4.28. The minimum absolute atomic E-state index is 0.216. The second-order valence-electron chi connectivity index (χ2n) is 11.9. The van der Waals surface area contributed by atoms with Crippen LogP contribution >= 0.6 is 0 Å². The first-order valence-corrected chi connectivity index (χ1v) is 15.7. The highest BCUT2D eigenvalue weighted by Crippen LogP contribution is 2.44. The van der Waals surface area contributed by atoms with Crippen LogP contribution in [0.5, 0.6) is 0 Å². The van der Waals surface area contributed by atoms with E-state index in [-0.39, 0.29) is 5.41 Å². The lowest BCUT2D eigenvalue weighted by atomic mass is 9.69. The zero-order chi connectivity index (χ0) is 30.7. The Hall–Kier alpha value is -3.25. The molecule has 3 fully saturated rings. The molecule has 5 nitrogen and oxygen atoms in total. The third kappa shape index (κ3) is 11.6. The minimum Gasteiger partial charge on any atom is -0.380 e. The van der Waals surface area contributed by atoms with Gasteiger partial charge in [0.25, 0.3) is 0 Å². The molecule has 0 unspecified atom stereocenters. The normalized spacial score (nSPS) is 18.8. The fourth-order valence-electron chi connectivity index (χ4n) is 5.63. The molecule has 2 aliphatic heterocycles. The molecule has 0 N–H and O–H groups in total. The molecule has 2 saturated heterocycles. The van der Waals surface area contributed by atoms with E-state index < -0.39 is 0 Å². The van der Waals surface area contributed by atoms with Crippen LogP contribution in [0, 0.1) is 39.4 Å². The van der Waals surface area contributed by atoms with Gasteiger partial charge in [-0.2, -0.15) is 10.5 Å². The summed E-state index contributed by atoms with van der Waals surface area (Å²) in [6.07, 6.45) is 16.2. The molecule has 1 aromatic carbocycles. The highest BCUT2D eigenvalue weighted by atomic mass is 16.5. The lowest BCUT2D eigenvalue weighted by Crippen LogP contribution is -2.45. The Bertz CT molecular complexity index is 1120. The summed E-state index contributed by atoms with van der Waals surface area (Å²) in [5.74, 6) is 0.682. The van der Waals surface area contributed by atoms with Crippen LogP contribution in [0.15, 0.2) is 73.5 Å². The number of rotatable bonds is 6. The number of hydrogen-bond donors (Lipinski definition) is 0. The van der Waals surface area contributed by atoms with Gasteiger partial charge in [0.1, 0.15) is 0 Å². The Morgan fingerprint density at radius 2 is 1.67 bits per heavy atom. The van der Waals surface area contributed by atoms with Gasteiger partial charge in [-0.1, -0.05) is 75.9 Å². The monoisotopic (exact) mass is 568 g/mol. The van der Waals surface area contributed by atoms with Crippen molar-refractivity contribution in [1.29, 1.82) is 10.5 Å². The van der Waals surface area contributed by atoms with E-state index in [9.17, 15) is 0 Å². The summed E-state index contributed by atoms with van der Waals surface area (Å²) in [7, 11) is 0. The first-order chi connectivity index (χ1) is 20.4. The highest BCUT2D eigenvalue weighted by molar-refractivity contribution is 5.58. The van der Waals surface area contributed by atoms with E-state index in [1.807, 2.05) is 57.3 Å². The van der Waals surface area contributed by atoms with Gasteiger partial charge in [-0.3, -0.25) is 9.88 Å². The van der Waals surface area contributed by atoms with Crippen LogP contribution in [0.2, 0.25) is 0 Å². The van der Waals surface area contributed by atoms with Crippen LogP contribution in [0.25, 0.3) is 11.3 Å². The van der Waals surface area contributed by atoms with E-state index in [1.54, 1.807) is 6.08 Å². The number of piperidine rings is 1. The summed E-state index contributed by atoms with van der Waals surface area (Å²) < 4.78 is 5.25. The number of benzene rings is 1. The maximum Gasteiger partial charge on any atom is 0.0701 e. The van der Waals surface area contributed by atoms with Crippen molar-refractivity contribution in [3.8, 4) is 23.4 Å². The second kappa shape index (κ2) is 19.0. The number of ether oxygens (including phenoxy) is 1. The van der Waals surface area contributed by atoms with Gasteiger partial charge in [0.15, 0.2) is 0 Å². The van der Waals surface area contributed by atoms with Crippen LogP contribution in [0.3, 0.4) is 0 Å². The fraction of sp³-hybridized carbons (Fsp3) is 0.541. The van der Waals surface area contributed by atoms with Crippen molar-refractivity contribution >= 4 is 0 Å². The molecule has 3 aliphatic rings. The molecule has 5 rings (SSSR count). The molecule has 1 aromatic heterocycles. The largest absolute Gasteiger partial charge is 0.380 e. The lowest BCUT2D eigenvalue weighted by Gasteiger charge is -2.46. The van der Waals surface area contributed by atoms with Crippen molar-refractivity contribution in [2.75, 3.05) is 26.3 Å². The average Bonchev–Trinajstić information content (AvgIpc) is 3.01. The summed E-state index contributed by atoms with van der Waals surface area (Å²) in [6.45, 7) is 16.8. The first-order valence-electron chi connectivity index (χ1n) is 15.7. The Morgan fingerprint density at radius 1 is 1.00 bits per heavy atom. The second-order valence-corrected chi connectivity index (χ2v) is 11.9. The van der Waals surface area contributed by atoms with Crippen molar-refractivity contribution in [3.63, 3.8) is 0 Å². The van der Waals surface area contributed by atoms with Gasteiger partial charge in [0, 0.05) is 36.6 Å². The van der Waals surface area contributed by atoms with E-state index >= 15 is 0 Å². The SMILES string of the molecule is C=C/C=C\C.CC.CC1(CC#N)CCN(Cc2ccc(-c3ccccn3)cc2)CC1.N#CCC1CCC2(CC1)COC2. The van der Waals surface area contributed by atoms with E-state index in [2.05, 4.69) is 59.8 Å². The number of likely N-dealkylation sites (tertiary alicyclic amines) is 1. The molecule has 0 bridgehead atoms. The predicted molar refractivity (Wildman–Crippen MR) is 174 cm³/mol. The van der Waals surface area contributed by atoms with Crippen molar-refractivity contribution in [2.24, 2.45) is 16.7 Å². The van der Waals surface area contributed by atoms with Crippen LogP contribution < -0.4 is 0 Å². The molecule has 2 aromatic rings. The zero-order valence-corrected chi connectivity index (χ0v) is 26.5. The van der Waals surface area contributed by atoms with Gasteiger partial charge in [0.05, 0.1) is 31.0 Å². The number of allylic oxidation sites excluding steroid dienone is 3. The number of hydrogen-bond acceptors (Lipinski definition) is 5. The molecule has 1 saturated carbocycles. The van der Waals surface area contributed by atoms with Crippen LogP contribution in [-0.2, 0) is 11.3 Å². The molecule has 0 radical (unpaired) electrons. The number of aromatic nitrogens is 1. The molecule has 5 heteroatoms. The maximum absolute atomic E-state index is 8.94. The molecule has 3 heterocycles. The van der Waals surface area contributed by atoms with Gasteiger partial charge >= 0.3 is 0 Å². The van der Waals surface area contributed by atoms with E-state index in [1.165, 1.54) is 31.2 Å². The van der Waals surface area contributed by atoms with E-state index in [4.69, 9.17) is 15.3 Å². The molecule has 1 aliphatic carbocycles. The molecule has 0 atom stereocenters. The Kier molecular flexibility index (Phi) is 15.8. The van der Waals surface area contributed by atoms with Crippen LogP contribution in [0.1, 0.15) is 84.6 Å². The van der Waals surface area contributed by atoms with Crippen molar-refractivity contribution in [2.45, 2.75) is 85.6 Å². The summed E-state index contributed by atoms with van der Waals surface area (Å²) in [5, 5.41) is 17.5. The first kappa shape index (κ1) is 34.9. The molecule has 42 heavy (non-hydrogen) atoms. The standard InChI is InChI=1S/C20H23N3.C10H15NO.C5H8.C2H6/c1-20(9-12-21)10-14-23(15-11-20)16-17-5-7-18(8-6-17)19-4-2-3-13-22-19;11-6-3-9-1-4-10(5-2-9)7-12-8-10;1-3-5-4-2;1-2/h2-8,13H,9-11,14-16H2,1H3;9H,1-5,7-8H2;3-5H,1H2,2H3;1-2H3/b;;5-4-;. The van der Waals surface area contributed by atoms with E-state index in [0.29, 0.717) is 17.8 Å². The van der Waals surface area contributed by atoms with Crippen molar-refractivity contribution in [3.05, 3.63) is 79.0 Å². The maximum atomic E-state index is 8.94. The Labute approximate surface area is 255 Å². The van der Waals surface area contributed by atoms with Crippen molar-refractivity contribution < 1.29 is 4.74 Å². The Balaban J connectivity index is 0.000000270. The molecular weight excluding hydrogens is 516 g/mol. The number of nitrogens with zero attached hydrogens (tertiary/aromatic N) is 4. The van der Waals surface area contributed by atoms with Crippen LogP contribution in [-0.4, -0.2) is 36.2 Å². The van der Waals surface area contributed by atoms with Gasteiger partial charge in [0.2, 0.25) is 0 Å². The minimum atomic E-state index is 0.216. The fourth-order valence-corrected chi connectivity index (χ4v) is 5.63. The summed E-state index contributed by atoms with van der Waals surface area (Å²) in [6, 6.07) is 19.3. The molecular formula is C37H52N4O. The zero-order valence-electron chi connectivity index (χ0n) is 26.5. The number of pyridine rings is 1. The smallest absolute Gasteiger partial charge is 0.0701 e. The van der Waals surface area contributed by atoms with Gasteiger partial charge in [-0.15, -0.1) is 0 Å². The van der Waals surface area contributed by atoms with Crippen LogP contribution in [0.4, 0.5) is 0 Å². The molecule has 0 amide bonds. The van der Waals surface area contributed by atoms with Gasteiger partial charge in [-0.05, 0) is 87.6 Å². The van der Waals surface area contributed by atoms with Gasteiger partial charge < -0.3 is 4.74 Å². The highest BCUT2D eigenvalue weighted by Gasteiger charge is 2.41. The van der Waals surface area contributed by atoms with E-state index in [0.717, 1.165) is 63.4 Å². The van der Waals surface area contributed by atoms with Crippen molar-refractivity contribution in [1.82, 2.24) is 9.88 Å². The molecule has 226 valence electrons. The topological polar surface area (TPSA) is 72.9 Å². The average molecular weight is 569 g/mol.